The van der Waals surface area contributed by atoms with Gasteiger partial charge in [-0.15, -0.1) is 0 Å². The van der Waals surface area contributed by atoms with Crippen molar-refractivity contribution in [2.24, 2.45) is 11.8 Å². The van der Waals surface area contributed by atoms with Crippen LogP contribution in [0, 0.1) is 11.8 Å². The fourth-order valence-electron chi connectivity index (χ4n) is 4.01. The Kier molecular flexibility index (Phi) is 3.10. The molecule has 1 saturated heterocycles. The van der Waals surface area contributed by atoms with Crippen LogP contribution in [-0.2, 0) is 4.79 Å². The first-order valence-electron chi connectivity index (χ1n) is 8.59. The maximum Gasteiger partial charge on any atom is 0.239 e. The second-order valence-corrected chi connectivity index (χ2v) is 6.59. The van der Waals surface area contributed by atoms with E-state index in [-0.39, 0.29) is 17.7 Å². The summed E-state index contributed by atoms with van der Waals surface area (Å²) in [4.78, 5) is 14.9. The molecule has 0 bridgehead atoms. The number of rotatable bonds is 2. The minimum atomic E-state index is -0.0787. The lowest BCUT2D eigenvalue weighted by molar-refractivity contribution is -0.119. The number of hydrogen-bond acceptors (Lipinski definition) is 1. The molecule has 0 spiro atoms. The monoisotopic (exact) mass is 323 g/mol. The average molecular weight is 323 g/mol. The van der Waals surface area contributed by atoms with Gasteiger partial charge in [0.1, 0.15) is 0 Å². The van der Waals surface area contributed by atoms with Crippen molar-refractivity contribution in [1.82, 2.24) is 0 Å². The first kappa shape index (κ1) is 14.2. The van der Waals surface area contributed by atoms with E-state index in [4.69, 9.17) is 0 Å². The molecular formula is C23H17NO. The van der Waals surface area contributed by atoms with E-state index < -0.39 is 0 Å². The fourth-order valence-corrected chi connectivity index (χ4v) is 4.01. The first-order valence-corrected chi connectivity index (χ1v) is 8.59. The molecule has 2 atom stereocenters. The lowest BCUT2D eigenvalue weighted by Crippen LogP contribution is -2.25. The third-order valence-electron chi connectivity index (χ3n) is 5.20. The molecule has 2 nitrogen and oxygen atoms in total. The topological polar surface area (TPSA) is 20.3 Å². The fraction of sp³-hybridized carbons (Fsp3) is 0.0870. The zero-order chi connectivity index (χ0) is 16.8. The molecule has 0 saturated carbocycles. The van der Waals surface area contributed by atoms with Gasteiger partial charge in [0.15, 0.2) is 0 Å². The van der Waals surface area contributed by atoms with Crippen molar-refractivity contribution in [2.75, 3.05) is 4.90 Å². The number of hydrogen-bond donors (Lipinski definition) is 0. The molecule has 25 heavy (non-hydrogen) atoms. The van der Waals surface area contributed by atoms with Crippen LogP contribution in [0.5, 0.6) is 0 Å². The molecule has 0 aromatic heterocycles. The van der Waals surface area contributed by atoms with Crippen LogP contribution < -0.4 is 4.90 Å². The highest BCUT2D eigenvalue weighted by molar-refractivity contribution is 6.04. The molecule has 2 heteroatoms. The molecule has 3 aliphatic rings. The van der Waals surface area contributed by atoms with Crippen LogP contribution in [0.1, 0.15) is 0 Å². The van der Waals surface area contributed by atoms with Crippen LogP contribution >= 0.6 is 0 Å². The van der Waals surface area contributed by atoms with Crippen molar-refractivity contribution in [3.8, 4) is 11.1 Å². The quantitative estimate of drug-likeness (QED) is 0.771. The van der Waals surface area contributed by atoms with Gasteiger partial charge in [0.25, 0.3) is 0 Å². The van der Waals surface area contributed by atoms with Gasteiger partial charge in [-0.1, -0.05) is 72.8 Å². The lowest BCUT2D eigenvalue weighted by Gasteiger charge is -2.24. The van der Waals surface area contributed by atoms with Gasteiger partial charge < -0.3 is 0 Å². The highest BCUT2D eigenvalue weighted by Crippen LogP contribution is 2.46. The summed E-state index contributed by atoms with van der Waals surface area (Å²) in [6.45, 7) is 0. The molecule has 1 amide bonds. The number of carbonyl (C=O) groups is 1. The Balaban J connectivity index is 1.54. The van der Waals surface area contributed by atoms with E-state index in [1.54, 1.807) is 0 Å². The molecule has 2 aromatic carbocycles. The highest BCUT2D eigenvalue weighted by atomic mass is 16.2. The summed E-state index contributed by atoms with van der Waals surface area (Å²) in [6.07, 6.45) is 12.4. The van der Waals surface area contributed by atoms with E-state index in [1.165, 1.54) is 11.1 Å². The van der Waals surface area contributed by atoms with Gasteiger partial charge in [-0.3, -0.25) is 9.69 Å². The average Bonchev–Trinajstić information content (AvgIpc) is 2.97. The molecule has 0 N–H and O–H groups in total. The van der Waals surface area contributed by atoms with E-state index >= 15 is 0 Å². The SMILES string of the molecule is O=C1[C@H]2C=CC=C3C=CC=C([C@@H]32)N1c1ccc(-c2ccccc2)cc1. The number of carbonyl (C=O) groups excluding carboxylic acids is 1. The number of benzene rings is 2. The molecule has 1 aliphatic heterocycles. The van der Waals surface area contributed by atoms with Gasteiger partial charge in [0.05, 0.1) is 5.92 Å². The Morgan fingerprint density at radius 3 is 2.36 bits per heavy atom. The maximum atomic E-state index is 13.0. The Labute approximate surface area is 147 Å². The van der Waals surface area contributed by atoms with Crippen molar-refractivity contribution in [3.05, 3.63) is 102 Å². The Hall–Kier alpha value is -3.13. The van der Waals surface area contributed by atoms with Crippen molar-refractivity contribution in [1.29, 1.82) is 0 Å². The summed E-state index contributed by atoms with van der Waals surface area (Å²) in [5.41, 5.74) is 5.59. The van der Waals surface area contributed by atoms with E-state index in [1.807, 2.05) is 53.5 Å². The van der Waals surface area contributed by atoms with Gasteiger partial charge in [-0.2, -0.15) is 0 Å². The van der Waals surface area contributed by atoms with Gasteiger partial charge >= 0.3 is 0 Å². The standard InChI is InChI=1S/C23H17NO/c25-23-20-10-4-8-18-9-5-11-21(22(18)20)24(23)19-14-12-17(13-15-19)16-6-2-1-3-7-16/h1-15,20,22H/t20-,22-/m0/s1. The third-order valence-corrected chi connectivity index (χ3v) is 5.20. The first-order chi connectivity index (χ1) is 12.3. The number of allylic oxidation sites excluding steroid dienone is 6. The molecule has 120 valence electrons. The van der Waals surface area contributed by atoms with E-state index in [9.17, 15) is 4.79 Å². The van der Waals surface area contributed by atoms with Gasteiger partial charge in [-0.25, -0.2) is 0 Å². The molecule has 0 unspecified atom stereocenters. The summed E-state index contributed by atoms with van der Waals surface area (Å²) in [6, 6.07) is 18.6. The molecule has 5 rings (SSSR count). The van der Waals surface area contributed by atoms with Crippen molar-refractivity contribution in [2.45, 2.75) is 0 Å². The van der Waals surface area contributed by atoms with Gasteiger partial charge in [-0.05, 0) is 34.9 Å². The predicted octanol–water partition coefficient (Wildman–Crippen LogP) is 4.88. The maximum absolute atomic E-state index is 13.0. The molecule has 1 fully saturated rings. The third kappa shape index (κ3) is 2.14. The van der Waals surface area contributed by atoms with Crippen LogP contribution in [-0.4, -0.2) is 5.91 Å². The summed E-state index contributed by atoms with van der Waals surface area (Å²) in [7, 11) is 0. The Morgan fingerprint density at radius 2 is 1.56 bits per heavy atom. The Morgan fingerprint density at radius 1 is 0.800 bits per heavy atom. The van der Waals surface area contributed by atoms with Gasteiger partial charge in [0, 0.05) is 17.3 Å². The summed E-state index contributed by atoms with van der Waals surface area (Å²) < 4.78 is 0. The van der Waals surface area contributed by atoms with Crippen LogP contribution in [0.4, 0.5) is 5.69 Å². The summed E-state index contributed by atoms with van der Waals surface area (Å²) in [5, 5.41) is 0. The molecule has 2 aliphatic carbocycles. The molecular weight excluding hydrogens is 306 g/mol. The van der Waals surface area contributed by atoms with Crippen molar-refractivity contribution < 1.29 is 4.79 Å². The minimum absolute atomic E-state index is 0.0787. The van der Waals surface area contributed by atoms with Crippen molar-refractivity contribution >= 4 is 11.6 Å². The van der Waals surface area contributed by atoms with E-state index in [2.05, 4.69) is 42.5 Å². The summed E-state index contributed by atoms with van der Waals surface area (Å²) in [5.74, 6) is 0.246. The number of anilines is 1. The highest BCUT2D eigenvalue weighted by Gasteiger charge is 2.46. The zero-order valence-corrected chi connectivity index (χ0v) is 13.7. The Bertz CT molecular complexity index is 961. The number of nitrogens with zero attached hydrogens (tertiary/aromatic N) is 1. The molecule has 0 radical (unpaired) electrons. The van der Waals surface area contributed by atoms with Crippen LogP contribution in [0.3, 0.4) is 0 Å². The zero-order valence-electron chi connectivity index (χ0n) is 13.7. The van der Waals surface area contributed by atoms with Gasteiger partial charge in [0.2, 0.25) is 5.91 Å². The summed E-state index contributed by atoms with van der Waals surface area (Å²) >= 11 is 0. The second-order valence-electron chi connectivity index (χ2n) is 6.59. The second kappa shape index (κ2) is 5.45. The lowest BCUT2D eigenvalue weighted by atomic mass is 9.80. The number of amides is 1. The van der Waals surface area contributed by atoms with Crippen molar-refractivity contribution in [3.63, 3.8) is 0 Å². The van der Waals surface area contributed by atoms with Crippen LogP contribution in [0.2, 0.25) is 0 Å². The molecule has 2 aromatic rings. The smallest absolute Gasteiger partial charge is 0.239 e. The largest absolute Gasteiger partial charge is 0.284 e. The minimum Gasteiger partial charge on any atom is -0.284 e. The van der Waals surface area contributed by atoms with Crippen LogP contribution in [0.15, 0.2) is 102 Å². The van der Waals surface area contributed by atoms with Crippen LogP contribution in [0.25, 0.3) is 11.1 Å². The predicted molar refractivity (Wildman–Crippen MR) is 101 cm³/mol. The normalized spacial score (nSPS) is 23.4. The van der Waals surface area contributed by atoms with E-state index in [0.29, 0.717) is 0 Å². The van der Waals surface area contributed by atoms with E-state index in [0.717, 1.165) is 16.9 Å². The molecule has 1 heterocycles.